The van der Waals surface area contributed by atoms with Crippen molar-refractivity contribution in [3.05, 3.63) is 22.4 Å². The Morgan fingerprint density at radius 1 is 1.39 bits per heavy atom. The summed E-state index contributed by atoms with van der Waals surface area (Å²) < 4.78 is 0. The molecule has 0 amide bonds. The molecule has 2 aromatic heterocycles. The van der Waals surface area contributed by atoms with Crippen LogP contribution in [0.5, 0.6) is 0 Å². The second kappa shape index (κ2) is 6.43. The summed E-state index contributed by atoms with van der Waals surface area (Å²) in [6.07, 6.45) is 1.04. The summed E-state index contributed by atoms with van der Waals surface area (Å²) in [5, 5.41) is 12.4. The molecule has 18 heavy (non-hydrogen) atoms. The molecule has 0 radical (unpaired) electrons. The maximum absolute atomic E-state index is 9.03. The number of thiophene rings is 1. The molecule has 0 bridgehead atoms. The van der Waals surface area contributed by atoms with Crippen molar-refractivity contribution in [2.24, 2.45) is 0 Å². The first kappa shape index (κ1) is 13.7. The lowest BCUT2D eigenvalue weighted by atomic mass is 10.3. The van der Waals surface area contributed by atoms with Gasteiger partial charge in [0.25, 0.3) is 0 Å². The Balaban J connectivity index is 2.19. The average Bonchev–Trinajstić information content (AvgIpc) is 2.78. The summed E-state index contributed by atoms with van der Waals surface area (Å²) in [6, 6.07) is 1.93. The van der Waals surface area contributed by atoms with Gasteiger partial charge in [0, 0.05) is 11.9 Å². The molecule has 0 atom stereocenters. The lowest BCUT2D eigenvalue weighted by Crippen LogP contribution is -2.28. The molecule has 0 aromatic carbocycles. The summed E-state index contributed by atoms with van der Waals surface area (Å²) in [5.74, 6) is 0.719. The summed E-state index contributed by atoms with van der Waals surface area (Å²) in [6.45, 7) is 4.44. The van der Waals surface area contributed by atoms with Crippen LogP contribution in [0, 0.1) is 0 Å². The Hall–Kier alpha value is -0.750. The maximum atomic E-state index is 9.03. The molecule has 0 unspecified atom stereocenters. The third kappa shape index (κ3) is 3.17. The number of hydrogen-bond acceptors (Lipinski definition) is 5. The molecule has 0 aliphatic heterocycles. The third-order valence-corrected chi connectivity index (χ3v) is 3.74. The zero-order chi connectivity index (χ0) is 13.0. The number of aliphatic hydroxyl groups is 1. The van der Waals surface area contributed by atoms with E-state index in [2.05, 4.69) is 21.8 Å². The monoisotopic (exact) mass is 285 g/mol. The fourth-order valence-corrected chi connectivity index (χ4v) is 2.95. The zero-order valence-corrected chi connectivity index (χ0v) is 11.8. The van der Waals surface area contributed by atoms with Gasteiger partial charge in [-0.15, -0.1) is 11.3 Å². The summed E-state index contributed by atoms with van der Waals surface area (Å²) in [7, 11) is 0. The quantitative estimate of drug-likeness (QED) is 0.829. The fraction of sp³-hybridized carbons (Fsp3) is 0.500. The van der Waals surface area contributed by atoms with Crippen LogP contribution in [0.1, 0.15) is 19.2 Å². The molecule has 6 heteroatoms. The molecule has 0 saturated heterocycles. The molecular formula is C12H16ClN3OS. The van der Waals surface area contributed by atoms with E-state index >= 15 is 0 Å². The highest BCUT2D eigenvalue weighted by Crippen LogP contribution is 2.24. The van der Waals surface area contributed by atoms with Gasteiger partial charge in [-0.2, -0.15) is 0 Å². The second-order valence-corrected chi connectivity index (χ2v) is 5.32. The van der Waals surface area contributed by atoms with Gasteiger partial charge >= 0.3 is 0 Å². The van der Waals surface area contributed by atoms with Crippen molar-refractivity contribution in [2.45, 2.75) is 19.9 Å². The first-order valence-electron chi connectivity index (χ1n) is 5.97. The van der Waals surface area contributed by atoms with Crippen molar-refractivity contribution in [3.63, 3.8) is 0 Å². The van der Waals surface area contributed by atoms with Crippen molar-refractivity contribution in [1.82, 2.24) is 14.9 Å². The van der Waals surface area contributed by atoms with E-state index in [-0.39, 0.29) is 6.61 Å². The number of rotatable bonds is 6. The fourth-order valence-electron chi connectivity index (χ4n) is 1.86. The van der Waals surface area contributed by atoms with Gasteiger partial charge in [0.2, 0.25) is 0 Å². The summed E-state index contributed by atoms with van der Waals surface area (Å²) in [4.78, 5) is 11.9. The predicted octanol–water partition coefficient (Wildman–Crippen LogP) is 2.55. The van der Waals surface area contributed by atoms with E-state index in [1.807, 2.05) is 11.4 Å². The number of hydrogen-bond donors (Lipinski definition) is 1. The highest BCUT2D eigenvalue weighted by atomic mass is 35.5. The van der Waals surface area contributed by atoms with E-state index in [1.54, 1.807) is 11.3 Å². The minimum atomic E-state index is 0.148. The van der Waals surface area contributed by atoms with Crippen LogP contribution in [-0.2, 0) is 6.54 Å². The van der Waals surface area contributed by atoms with Gasteiger partial charge < -0.3 is 5.11 Å². The van der Waals surface area contributed by atoms with Gasteiger partial charge in [0.1, 0.15) is 15.8 Å². The van der Waals surface area contributed by atoms with Crippen molar-refractivity contribution in [2.75, 3.05) is 19.7 Å². The lowest BCUT2D eigenvalue weighted by Gasteiger charge is -2.19. The van der Waals surface area contributed by atoms with Gasteiger partial charge in [-0.05, 0) is 24.4 Å². The lowest BCUT2D eigenvalue weighted by molar-refractivity contribution is 0.187. The van der Waals surface area contributed by atoms with Gasteiger partial charge in [0.15, 0.2) is 0 Å². The Bertz CT molecular complexity index is 511. The molecule has 2 rings (SSSR count). The molecule has 0 aliphatic rings. The van der Waals surface area contributed by atoms with Crippen LogP contribution in [0.4, 0.5) is 0 Å². The SMILES string of the molecule is CCCN(CCO)Cc1nc(Cl)c2ccsc2n1. The topological polar surface area (TPSA) is 49.2 Å². The Morgan fingerprint density at radius 2 is 2.22 bits per heavy atom. The standard InChI is InChI=1S/C12H16ClN3OS/c1-2-4-16(5-6-17)8-10-14-11(13)9-3-7-18-12(9)15-10/h3,7,17H,2,4-6,8H2,1H3. The normalized spacial score (nSPS) is 11.6. The minimum absolute atomic E-state index is 0.148. The largest absolute Gasteiger partial charge is 0.395 e. The summed E-state index contributed by atoms with van der Waals surface area (Å²) in [5.41, 5.74) is 0. The van der Waals surface area contributed by atoms with E-state index < -0.39 is 0 Å². The Labute approximate surface area is 115 Å². The van der Waals surface area contributed by atoms with Gasteiger partial charge in [-0.3, -0.25) is 4.90 Å². The first-order valence-corrected chi connectivity index (χ1v) is 7.23. The highest BCUT2D eigenvalue weighted by molar-refractivity contribution is 7.16. The van der Waals surface area contributed by atoms with Crippen LogP contribution in [0.2, 0.25) is 5.15 Å². The number of halogens is 1. The number of nitrogens with zero attached hydrogens (tertiary/aromatic N) is 3. The number of aromatic nitrogens is 2. The summed E-state index contributed by atoms with van der Waals surface area (Å²) >= 11 is 7.69. The van der Waals surface area contributed by atoms with Crippen LogP contribution < -0.4 is 0 Å². The molecule has 2 aromatic rings. The Kier molecular flexibility index (Phi) is 4.88. The third-order valence-electron chi connectivity index (χ3n) is 2.65. The van der Waals surface area contributed by atoms with Crippen LogP contribution in [0.25, 0.3) is 10.2 Å². The van der Waals surface area contributed by atoms with E-state index in [0.717, 1.165) is 29.0 Å². The predicted molar refractivity (Wildman–Crippen MR) is 75.1 cm³/mol. The molecule has 98 valence electrons. The van der Waals surface area contributed by atoms with Gasteiger partial charge in [-0.1, -0.05) is 18.5 Å². The van der Waals surface area contributed by atoms with Crippen LogP contribution >= 0.6 is 22.9 Å². The Morgan fingerprint density at radius 3 is 2.94 bits per heavy atom. The molecular weight excluding hydrogens is 270 g/mol. The number of fused-ring (bicyclic) bond motifs is 1. The molecule has 4 nitrogen and oxygen atoms in total. The van der Waals surface area contributed by atoms with Crippen molar-refractivity contribution in [3.8, 4) is 0 Å². The first-order chi connectivity index (χ1) is 8.74. The van der Waals surface area contributed by atoms with Crippen molar-refractivity contribution < 1.29 is 5.11 Å². The minimum Gasteiger partial charge on any atom is -0.395 e. The highest BCUT2D eigenvalue weighted by Gasteiger charge is 2.10. The molecule has 0 saturated carbocycles. The molecule has 2 heterocycles. The van der Waals surface area contributed by atoms with Crippen LogP contribution in [0.15, 0.2) is 11.4 Å². The van der Waals surface area contributed by atoms with Gasteiger partial charge in [0.05, 0.1) is 13.2 Å². The molecule has 1 N–H and O–H groups in total. The smallest absolute Gasteiger partial charge is 0.145 e. The zero-order valence-electron chi connectivity index (χ0n) is 10.3. The molecule has 0 spiro atoms. The molecule has 0 aliphatic carbocycles. The van der Waals surface area contributed by atoms with Gasteiger partial charge in [-0.25, -0.2) is 9.97 Å². The van der Waals surface area contributed by atoms with Crippen molar-refractivity contribution >= 4 is 33.2 Å². The van der Waals surface area contributed by atoms with Crippen LogP contribution in [-0.4, -0.2) is 39.7 Å². The second-order valence-electron chi connectivity index (χ2n) is 4.07. The van der Waals surface area contributed by atoms with E-state index in [1.165, 1.54) is 0 Å². The molecule has 0 fully saturated rings. The van der Waals surface area contributed by atoms with E-state index in [4.69, 9.17) is 16.7 Å². The average molecular weight is 286 g/mol. The van der Waals surface area contributed by atoms with Crippen molar-refractivity contribution in [1.29, 1.82) is 0 Å². The van der Waals surface area contributed by atoms with E-state index in [0.29, 0.717) is 18.2 Å². The number of aliphatic hydroxyl groups excluding tert-OH is 1. The maximum Gasteiger partial charge on any atom is 0.145 e. The van der Waals surface area contributed by atoms with E-state index in [9.17, 15) is 0 Å². The van der Waals surface area contributed by atoms with Crippen LogP contribution in [0.3, 0.4) is 0 Å².